The van der Waals surface area contributed by atoms with Gasteiger partial charge in [0.1, 0.15) is 12.4 Å². The monoisotopic (exact) mass is 548 g/mol. The van der Waals surface area contributed by atoms with Crippen LogP contribution < -0.4 is 5.32 Å². The molecule has 0 radical (unpaired) electrons. The van der Waals surface area contributed by atoms with Gasteiger partial charge in [-0.25, -0.2) is 4.99 Å². The van der Waals surface area contributed by atoms with Crippen molar-refractivity contribution in [3.05, 3.63) is 11.6 Å². The van der Waals surface area contributed by atoms with Crippen molar-refractivity contribution in [2.45, 2.75) is 33.2 Å². The van der Waals surface area contributed by atoms with Crippen LogP contribution in [0, 0.1) is 6.92 Å². The van der Waals surface area contributed by atoms with Crippen molar-refractivity contribution in [1.29, 1.82) is 0 Å². The highest BCUT2D eigenvalue weighted by atomic mass is 127. The lowest BCUT2D eigenvalue weighted by atomic mass is 10.3. The number of morpholine rings is 1. The Morgan fingerprint density at radius 1 is 1.10 bits per heavy atom. The smallest absolute Gasteiger partial charge is 0.236 e. The van der Waals surface area contributed by atoms with E-state index in [1.165, 1.54) is 0 Å². The number of nitrogens with one attached hydrogen (secondary N) is 1. The predicted octanol–water partition coefficient (Wildman–Crippen LogP) is 0.464. The average Bonchev–Trinajstić information content (AvgIpc) is 3.09. The molecule has 31 heavy (non-hydrogen) atoms. The lowest BCUT2D eigenvalue weighted by molar-refractivity contribution is -0.136. The van der Waals surface area contributed by atoms with Gasteiger partial charge in [-0.15, -0.1) is 34.2 Å². The van der Waals surface area contributed by atoms with E-state index in [9.17, 15) is 4.79 Å². The van der Waals surface area contributed by atoms with Gasteiger partial charge in [-0.1, -0.05) is 13.3 Å². The number of guanidine groups is 1. The molecule has 176 valence electrons. The van der Waals surface area contributed by atoms with Gasteiger partial charge < -0.3 is 24.4 Å². The minimum atomic E-state index is 0. The summed E-state index contributed by atoms with van der Waals surface area (Å²) in [5.41, 5.74) is 0. The predicted molar refractivity (Wildman–Crippen MR) is 131 cm³/mol. The summed E-state index contributed by atoms with van der Waals surface area (Å²) < 4.78 is 7.31. The Labute approximate surface area is 202 Å². The van der Waals surface area contributed by atoms with Crippen LogP contribution in [0.3, 0.4) is 0 Å². The van der Waals surface area contributed by atoms with Gasteiger partial charge in [0.25, 0.3) is 0 Å². The molecule has 1 aromatic heterocycles. The largest absolute Gasteiger partial charge is 0.378 e. The van der Waals surface area contributed by atoms with Gasteiger partial charge in [0.05, 0.1) is 19.8 Å². The summed E-state index contributed by atoms with van der Waals surface area (Å²) in [5.74, 6) is 2.87. The molecule has 0 unspecified atom stereocenters. The van der Waals surface area contributed by atoms with E-state index in [-0.39, 0.29) is 29.9 Å². The molecule has 2 aliphatic heterocycles. The number of rotatable bonds is 7. The Hall–Kier alpha value is -1.47. The molecule has 1 N–H and O–H groups in total. The Morgan fingerprint density at radius 2 is 1.81 bits per heavy atom. The second-order valence-corrected chi connectivity index (χ2v) is 7.90. The number of aliphatic imine (C=N–C) groups is 1. The van der Waals surface area contributed by atoms with E-state index in [1.807, 2.05) is 23.4 Å². The molecule has 11 heteroatoms. The van der Waals surface area contributed by atoms with Crippen molar-refractivity contribution in [2.75, 3.05) is 65.6 Å². The topological polar surface area (TPSA) is 91.1 Å². The lowest BCUT2D eigenvalue weighted by Gasteiger charge is -2.37. The fraction of sp³-hybridized carbons (Fsp3) is 0.800. The maximum absolute atomic E-state index is 12.5. The first kappa shape index (κ1) is 25.8. The number of hydrogen-bond donors (Lipinski definition) is 1. The standard InChI is InChI=1S/C20H36N8O2.HI/c1-4-5-6-21-20(22-15-18-24-23-17(2)25(18)3)28-9-7-26(8-10-28)16-19(29)27-11-13-30-14-12-27;/h4-16H2,1-3H3,(H,21,22);1H. The molecular formula is C20H37IN8O2. The Bertz CT molecular complexity index is 712. The van der Waals surface area contributed by atoms with E-state index >= 15 is 0 Å². The second kappa shape index (κ2) is 13.2. The minimum absolute atomic E-state index is 0. The number of carbonyl (C=O) groups excluding carboxylic acids is 1. The van der Waals surface area contributed by atoms with Crippen LogP contribution in [0.25, 0.3) is 0 Å². The number of amides is 1. The normalized spacial score (nSPS) is 18.1. The van der Waals surface area contributed by atoms with Crippen LogP contribution in [-0.4, -0.2) is 107 Å². The third-order valence-corrected chi connectivity index (χ3v) is 5.76. The number of piperazine rings is 1. The van der Waals surface area contributed by atoms with Gasteiger partial charge in [-0.3, -0.25) is 9.69 Å². The fourth-order valence-electron chi connectivity index (χ4n) is 3.60. The molecule has 2 aliphatic rings. The van der Waals surface area contributed by atoms with E-state index < -0.39 is 0 Å². The van der Waals surface area contributed by atoms with Crippen molar-refractivity contribution in [1.82, 2.24) is 34.8 Å². The van der Waals surface area contributed by atoms with Gasteiger partial charge >= 0.3 is 0 Å². The SMILES string of the molecule is CCCCNC(=NCc1nnc(C)n1C)N1CCN(CC(=O)N2CCOCC2)CC1.I. The molecule has 0 bridgehead atoms. The molecule has 2 fully saturated rings. The molecule has 10 nitrogen and oxygen atoms in total. The van der Waals surface area contributed by atoms with Crippen LogP contribution in [0.1, 0.15) is 31.4 Å². The Balaban J connectivity index is 0.00000341. The zero-order valence-corrected chi connectivity index (χ0v) is 21.4. The zero-order chi connectivity index (χ0) is 21.3. The molecule has 0 spiro atoms. The Morgan fingerprint density at radius 3 is 2.42 bits per heavy atom. The van der Waals surface area contributed by atoms with Gasteiger partial charge in [0.15, 0.2) is 11.8 Å². The molecule has 0 atom stereocenters. The van der Waals surface area contributed by atoms with Crippen molar-refractivity contribution in [3.63, 3.8) is 0 Å². The lowest BCUT2D eigenvalue weighted by Crippen LogP contribution is -2.55. The number of halogens is 1. The first-order chi connectivity index (χ1) is 14.6. The molecular weight excluding hydrogens is 511 g/mol. The quantitative estimate of drug-likeness (QED) is 0.229. The first-order valence-electron chi connectivity index (χ1n) is 11.0. The summed E-state index contributed by atoms with van der Waals surface area (Å²) in [7, 11) is 1.97. The molecule has 3 heterocycles. The van der Waals surface area contributed by atoms with E-state index in [4.69, 9.17) is 9.73 Å². The second-order valence-electron chi connectivity index (χ2n) is 7.90. The van der Waals surface area contributed by atoms with Crippen LogP contribution >= 0.6 is 24.0 Å². The number of nitrogens with zero attached hydrogens (tertiary/aromatic N) is 7. The highest BCUT2D eigenvalue weighted by molar-refractivity contribution is 14.0. The first-order valence-corrected chi connectivity index (χ1v) is 11.0. The molecule has 0 aromatic carbocycles. The number of hydrogen-bond acceptors (Lipinski definition) is 6. The van der Waals surface area contributed by atoms with Gasteiger partial charge in [0, 0.05) is 52.9 Å². The van der Waals surface area contributed by atoms with E-state index in [2.05, 4.69) is 32.2 Å². The fourth-order valence-corrected chi connectivity index (χ4v) is 3.60. The summed E-state index contributed by atoms with van der Waals surface area (Å²) >= 11 is 0. The summed E-state index contributed by atoms with van der Waals surface area (Å²) in [6.07, 6.45) is 2.25. The van der Waals surface area contributed by atoms with Crippen LogP contribution in [-0.2, 0) is 23.1 Å². The molecule has 0 saturated carbocycles. The van der Waals surface area contributed by atoms with Gasteiger partial charge in [-0.05, 0) is 13.3 Å². The van der Waals surface area contributed by atoms with Crippen LogP contribution in [0.4, 0.5) is 0 Å². The highest BCUT2D eigenvalue weighted by Gasteiger charge is 2.24. The van der Waals surface area contributed by atoms with E-state index in [1.54, 1.807) is 0 Å². The van der Waals surface area contributed by atoms with Crippen LogP contribution in [0.15, 0.2) is 4.99 Å². The maximum atomic E-state index is 12.5. The summed E-state index contributed by atoms with van der Waals surface area (Å²) in [4.78, 5) is 23.8. The van der Waals surface area contributed by atoms with Gasteiger partial charge in [-0.2, -0.15) is 0 Å². The van der Waals surface area contributed by atoms with Crippen molar-refractivity contribution >= 4 is 35.8 Å². The third kappa shape index (κ3) is 7.56. The molecule has 1 aromatic rings. The molecule has 1 amide bonds. The van der Waals surface area contributed by atoms with Crippen LogP contribution in [0.2, 0.25) is 0 Å². The third-order valence-electron chi connectivity index (χ3n) is 5.76. The number of ether oxygens (including phenoxy) is 1. The highest BCUT2D eigenvalue weighted by Crippen LogP contribution is 2.07. The zero-order valence-electron chi connectivity index (χ0n) is 19.0. The maximum Gasteiger partial charge on any atom is 0.236 e. The number of carbonyl (C=O) groups is 1. The Kier molecular flexibility index (Phi) is 10.9. The molecule has 2 saturated heterocycles. The van der Waals surface area contributed by atoms with Crippen LogP contribution in [0.5, 0.6) is 0 Å². The van der Waals surface area contributed by atoms with Gasteiger partial charge in [0.2, 0.25) is 5.91 Å². The van der Waals surface area contributed by atoms with E-state index in [0.717, 1.165) is 63.2 Å². The van der Waals surface area contributed by atoms with Crippen molar-refractivity contribution in [3.8, 4) is 0 Å². The number of unbranched alkanes of at least 4 members (excludes halogenated alkanes) is 1. The summed E-state index contributed by atoms with van der Waals surface area (Å²) in [6.45, 7) is 12.1. The number of aromatic nitrogens is 3. The number of aryl methyl sites for hydroxylation is 1. The summed E-state index contributed by atoms with van der Waals surface area (Å²) in [6, 6.07) is 0. The molecule has 3 rings (SSSR count). The minimum Gasteiger partial charge on any atom is -0.378 e. The average molecular weight is 548 g/mol. The molecule has 0 aliphatic carbocycles. The van der Waals surface area contributed by atoms with E-state index in [0.29, 0.717) is 39.4 Å². The van der Waals surface area contributed by atoms with Crippen molar-refractivity contribution in [2.24, 2.45) is 12.0 Å². The van der Waals surface area contributed by atoms with Crippen molar-refractivity contribution < 1.29 is 9.53 Å². The summed E-state index contributed by atoms with van der Waals surface area (Å²) in [5, 5.41) is 11.8.